The van der Waals surface area contributed by atoms with Crippen LogP contribution in [0.3, 0.4) is 0 Å². The van der Waals surface area contributed by atoms with E-state index in [9.17, 15) is 4.79 Å². The highest BCUT2D eigenvalue weighted by atomic mass is 32.1. The number of hydrogen-bond acceptors (Lipinski definition) is 4. The number of nitrogens with one attached hydrogen (secondary N) is 1. The minimum Gasteiger partial charge on any atom is -0.352 e. The van der Waals surface area contributed by atoms with Gasteiger partial charge in [-0.05, 0) is 38.5 Å². The number of hydrogen-bond donors (Lipinski definition) is 1. The number of fused-ring (bicyclic) bond motifs is 1. The fourth-order valence-corrected chi connectivity index (χ4v) is 4.10. The van der Waals surface area contributed by atoms with Gasteiger partial charge in [0.25, 0.3) is 5.91 Å². The Labute approximate surface area is 161 Å². The minimum atomic E-state index is -0.0404. The number of carbonyl (C=O) groups is 1. The highest BCUT2D eigenvalue weighted by Crippen LogP contribution is 2.22. The lowest BCUT2D eigenvalue weighted by atomic mass is 10.2. The van der Waals surface area contributed by atoms with Gasteiger partial charge in [-0.25, -0.2) is 9.97 Å². The van der Waals surface area contributed by atoms with E-state index in [-0.39, 0.29) is 5.91 Å². The monoisotopic (exact) mass is 379 g/mol. The molecule has 0 bridgehead atoms. The Bertz CT molecular complexity index is 1080. The molecule has 3 aromatic heterocycles. The van der Waals surface area contributed by atoms with Gasteiger partial charge < -0.3 is 9.88 Å². The maximum Gasteiger partial charge on any atom is 0.253 e. The summed E-state index contributed by atoms with van der Waals surface area (Å²) in [4.78, 5) is 21.4. The van der Waals surface area contributed by atoms with Gasteiger partial charge in [0.15, 0.2) is 5.13 Å². The molecule has 4 aromatic rings. The molecule has 6 nitrogen and oxygen atoms in total. The summed E-state index contributed by atoms with van der Waals surface area (Å²) in [5, 5.41) is 5.86. The van der Waals surface area contributed by atoms with Gasteiger partial charge >= 0.3 is 0 Å². The van der Waals surface area contributed by atoms with Crippen molar-refractivity contribution in [2.75, 3.05) is 6.54 Å². The van der Waals surface area contributed by atoms with Crippen molar-refractivity contribution < 1.29 is 4.79 Å². The van der Waals surface area contributed by atoms with Crippen LogP contribution in [-0.4, -0.2) is 31.6 Å². The van der Waals surface area contributed by atoms with Gasteiger partial charge in [0.05, 0.1) is 22.9 Å². The van der Waals surface area contributed by atoms with Gasteiger partial charge in [-0.2, -0.15) is 0 Å². The zero-order chi connectivity index (χ0) is 18.8. The van der Waals surface area contributed by atoms with Crippen molar-refractivity contribution in [2.45, 2.75) is 26.8 Å². The average molecular weight is 379 g/mol. The molecular weight excluding hydrogens is 358 g/mol. The van der Waals surface area contributed by atoms with Gasteiger partial charge in [0.1, 0.15) is 0 Å². The van der Waals surface area contributed by atoms with Gasteiger partial charge in [-0.3, -0.25) is 9.36 Å². The summed E-state index contributed by atoms with van der Waals surface area (Å²) in [6.07, 6.45) is 4.48. The van der Waals surface area contributed by atoms with Crippen LogP contribution in [0, 0.1) is 13.8 Å². The lowest BCUT2D eigenvalue weighted by Crippen LogP contribution is -2.25. The summed E-state index contributed by atoms with van der Waals surface area (Å²) in [6.45, 7) is 5.39. The summed E-state index contributed by atoms with van der Waals surface area (Å²) in [7, 11) is 0. The number of rotatable bonds is 6. The molecule has 1 N–H and O–H groups in total. The predicted octanol–water partition coefficient (Wildman–Crippen LogP) is 3.72. The second-order valence-electron chi connectivity index (χ2n) is 6.47. The van der Waals surface area contributed by atoms with Crippen LogP contribution in [0.1, 0.15) is 28.2 Å². The smallest absolute Gasteiger partial charge is 0.253 e. The molecule has 0 aliphatic heterocycles. The van der Waals surface area contributed by atoms with Crippen LogP contribution < -0.4 is 5.32 Å². The summed E-state index contributed by atoms with van der Waals surface area (Å²) in [6, 6.07) is 10.00. The lowest BCUT2D eigenvalue weighted by molar-refractivity contribution is 0.0952. The highest BCUT2D eigenvalue weighted by Gasteiger charge is 2.17. The maximum atomic E-state index is 12.6. The van der Waals surface area contributed by atoms with E-state index in [0.29, 0.717) is 12.1 Å². The molecule has 0 fully saturated rings. The van der Waals surface area contributed by atoms with Crippen molar-refractivity contribution >= 4 is 28.3 Å². The summed E-state index contributed by atoms with van der Waals surface area (Å²) >= 11 is 1.56. The van der Waals surface area contributed by atoms with Crippen molar-refractivity contribution in [3.8, 4) is 5.13 Å². The standard InChI is InChI=1S/C20H21N5OS/c1-14-12-16(15(2)25(14)20-22-9-11-27-20)19(26)21-8-5-10-24-13-23-17-6-3-4-7-18(17)24/h3-4,6-7,9,11-13H,5,8,10H2,1-2H3,(H,21,26). The Morgan fingerprint density at radius 2 is 2.07 bits per heavy atom. The first-order chi connectivity index (χ1) is 13.1. The number of para-hydroxylation sites is 2. The van der Waals surface area contributed by atoms with Crippen LogP contribution >= 0.6 is 11.3 Å². The van der Waals surface area contributed by atoms with E-state index < -0.39 is 0 Å². The lowest BCUT2D eigenvalue weighted by Gasteiger charge is -2.08. The molecule has 138 valence electrons. The second kappa shape index (κ2) is 7.36. The normalized spacial score (nSPS) is 11.2. The average Bonchev–Trinajstić information content (AvgIpc) is 3.38. The quantitative estimate of drug-likeness (QED) is 0.519. The van der Waals surface area contributed by atoms with E-state index in [1.54, 1.807) is 17.5 Å². The first-order valence-electron chi connectivity index (χ1n) is 8.92. The van der Waals surface area contributed by atoms with Crippen LogP contribution in [0.4, 0.5) is 0 Å². The molecule has 7 heteroatoms. The summed E-state index contributed by atoms with van der Waals surface area (Å²) in [5.74, 6) is -0.0404. The summed E-state index contributed by atoms with van der Waals surface area (Å²) < 4.78 is 4.15. The maximum absolute atomic E-state index is 12.6. The molecule has 27 heavy (non-hydrogen) atoms. The second-order valence-corrected chi connectivity index (χ2v) is 7.34. The molecular formula is C20H21N5OS. The van der Waals surface area contributed by atoms with Crippen molar-refractivity contribution in [3.05, 3.63) is 65.2 Å². The van der Waals surface area contributed by atoms with Crippen molar-refractivity contribution in [3.63, 3.8) is 0 Å². The molecule has 3 heterocycles. The van der Waals surface area contributed by atoms with E-state index in [1.165, 1.54) is 0 Å². The summed E-state index contributed by atoms with van der Waals surface area (Å²) in [5.41, 5.74) is 4.75. The Kier molecular flexibility index (Phi) is 4.77. The molecule has 0 aliphatic rings. The van der Waals surface area contributed by atoms with E-state index >= 15 is 0 Å². The fraction of sp³-hybridized carbons (Fsp3) is 0.250. The Morgan fingerprint density at radius 1 is 1.22 bits per heavy atom. The van der Waals surface area contributed by atoms with E-state index in [1.807, 2.05) is 54.4 Å². The zero-order valence-electron chi connectivity index (χ0n) is 15.3. The van der Waals surface area contributed by atoms with E-state index in [2.05, 4.69) is 25.9 Å². The number of imidazole rings is 1. The predicted molar refractivity (Wildman–Crippen MR) is 108 cm³/mol. The zero-order valence-corrected chi connectivity index (χ0v) is 16.2. The van der Waals surface area contributed by atoms with Crippen LogP contribution in [0.2, 0.25) is 0 Å². The number of benzene rings is 1. The first-order valence-corrected chi connectivity index (χ1v) is 9.80. The highest BCUT2D eigenvalue weighted by molar-refractivity contribution is 7.12. The molecule has 0 unspecified atom stereocenters. The number of aryl methyl sites for hydroxylation is 2. The fourth-order valence-electron chi connectivity index (χ4n) is 3.35. The largest absolute Gasteiger partial charge is 0.352 e. The van der Waals surface area contributed by atoms with Crippen LogP contribution in [-0.2, 0) is 6.54 Å². The Morgan fingerprint density at radius 3 is 2.89 bits per heavy atom. The Hall–Kier alpha value is -2.93. The number of thiazole rings is 1. The molecule has 4 rings (SSSR count). The van der Waals surface area contributed by atoms with E-state index in [0.717, 1.165) is 40.5 Å². The Balaban J connectivity index is 1.38. The van der Waals surface area contributed by atoms with Gasteiger partial charge in [0, 0.05) is 36.1 Å². The van der Waals surface area contributed by atoms with Crippen molar-refractivity contribution in [2.24, 2.45) is 0 Å². The van der Waals surface area contributed by atoms with E-state index in [4.69, 9.17) is 0 Å². The molecule has 0 spiro atoms. The van der Waals surface area contributed by atoms with Crippen LogP contribution in [0.25, 0.3) is 16.2 Å². The number of nitrogens with zero attached hydrogens (tertiary/aromatic N) is 4. The van der Waals surface area contributed by atoms with Gasteiger partial charge in [0.2, 0.25) is 0 Å². The number of amides is 1. The molecule has 0 saturated heterocycles. The first kappa shape index (κ1) is 17.5. The molecule has 0 atom stereocenters. The van der Waals surface area contributed by atoms with Crippen molar-refractivity contribution in [1.29, 1.82) is 0 Å². The van der Waals surface area contributed by atoms with Gasteiger partial charge in [-0.15, -0.1) is 11.3 Å². The van der Waals surface area contributed by atoms with Crippen LogP contribution in [0.5, 0.6) is 0 Å². The number of carbonyl (C=O) groups excluding carboxylic acids is 1. The number of aromatic nitrogens is 4. The SMILES string of the molecule is Cc1cc(C(=O)NCCCn2cnc3ccccc32)c(C)n1-c1nccs1. The molecule has 0 saturated carbocycles. The van der Waals surface area contributed by atoms with Crippen molar-refractivity contribution in [1.82, 2.24) is 24.4 Å². The van der Waals surface area contributed by atoms with Crippen LogP contribution in [0.15, 0.2) is 48.2 Å². The van der Waals surface area contributed by atoms with Gasteiger partial charge in [-0.1, -0.05) is 12.1 Å². The minimum absolute atomic E-state index is 0.0404. The topological polar surface area (TPSA) is 64.7 Å². The molecule has 1 aromatic carbocycles. The molecule has 1 amide bonds. The molecule has 0 radical (unpaired) electrons. The third-order valence-corrected chi connectivity index (χ3v) is 5.43. The molecule has 0 aliphatic carbocycles. The third-order valence-electron chi connectivity index (χ3n) is 4.68. The third kappa shape index (κ3) is 3.38.